The molecule has 43 heavy (non-hydrogen) atoms. The largest absolute Gasteiger partial charge is 0.493 e. The van der Waals surface area contributed by atoms with Crippen LogP contribution in [0.3, 0.4) is 0 Å². The first-order valence-corrected chi connectivity index (χ1v) is 16.3. The van der Waals surface area contributed by atoms with E-state index in [4.69, 9.17) is 9.47 Å². The monoisotopic (exact) mass is 683 g/mol. The van der Waals surface area contributed by atoms with Crippen molar-refractivity contribution in [2.45, 2.75) is 69.3 Å². The van der Waals surface area contributed by atoms with Crippen molar-refractivity contribution in [2.24, 2.45) is 17.3 Å². The number of alkyl carbamates (subject to hydrolysis) is 1. The molecule has 1 aromatic rings. The van der Waals surface area contributed by atoms with E-state index in [0.29, 0.717) is 23.2 Å². The lowest BCUT2D eigenvalue weighted by Crippen LogP contribution is -2.60. The third-order valence-corrected chi connectivity index (χ3v) is 10.2. The smallest absolute Gasteiger partial charge is 0.407 e. The van der Waals surface area contributed by atoms with Crippen LogP contribution < -0.4 is 20.1 Å². The summed E-state index contributed by atoms with van der Waals surface area (Å²) in [6.45, 7) is 9.37. The maximum atomic E-state index is 14.0. The molecule has 3 fully saturated rings. The Morgan fingerprint density at radius 2 is 1.98 bits per heavy atom. The van der Waals surface area contributed by atoms with Gasteiger partial charge in [-0.1, -0.05) is 26.8 Å². The van der Waals surface area contributed by atoms with Crippen molar-refractivity contribution in [3.8, 4) is 5.75 Å². The van der Waals surface area contributed by atoms with E-state index in [0.717, 1.165) is 0 Å². The number of pyridine rings is 1. The summed E-state index contributed by atoms with van der Waals surface area (Å²) in [5.41, 5.74) is -2.24. The number of sulfonamides is 1. The molecule has 236 valence electrons. The van der Waals surface area contributed by atoms with Crippen LogP contribution in [-0.2, 0) is 29.1 Å². The molecular weight excluding hydrogens is 646 g/mol. The molecule has 5 unspecified atom stereocenters. The number of amides is 4. The van der Waals surface area contributed by atoms with Crippen molar-refractivity contribution in [1.82, 2.24) is 25.2 Å². The van der Waals surface area contributed by atoms with E-state index in [1.54, 1.807) is 39.1 Å². The second-order valence-electron chi connectivity index (χ2n) is 12.4. The van der Waals surface area contributed by atoms with Gasteiger partial charge >= 0.3 is 6.09 Å². The van der Waals surface area contributed by atoms with Crippen molar-refractivity contribution in [3.05, 3.63) is 35.6 Å². The zero-order valence-electron chi connectivity index (χ0n) is 24.6. The first kappa shape index (κ1) is 32.7. The predicted molar refractivity (Wildman–Crippen MR) is 159 cm³/mol. The van der Waals surface area contributed by atoms with E-state index in [9.17, 15) is 27.6 Å². The number of aromatic nitrogens is 1. The van der Waals surface area contributed by atoms with Crippen molar-refractivity contribution in [3.63, 3.8) is 0 Å². The van der Waals surface area contributed by atoms with Gasteiger partial charge < -0.3 is 25.0 Å². The molecule has 4 rings (SSSR count). The molecule has 2 heterocycles. The number of rotatable bonds is 11. The number of carbonyl (C=O) groups excluding carboxylic acids is 4. The molecule has 1 aliphatic heterocycles. The van der Waals surface area contributed by atoms with Gasteiger partial charge in [-0.25, -0.2) is 18.2 Å². The van der Waals surface area contributed by atoms with Gasteiger partial charge in [0.1, 0.15) is 28.0 Å². The molecule has 2 saturated carbocycles. The number of halogens is 1. The van der Waals surface area contributed by atoms with Gasteiger partial charge in [0.15, 0.2) is 0 Å². The molecule has 5 atom stereocenters. The Kier molecular flexibility index (Phi) is 9.45. The Labute approximate surface area is 259 Å². The number of hydrogen-bond acceptors (Lipinski definition) is 9. The molecule has 4 amide bonds. The highest BCUT2D eigenvalue weighted by Gasteiger charge is 2.62. The lowest BCUT2D eigenvalue weighted by molar-refractivity contribution is -0.142. The van der Waals surface area contributed by atoms with Crippen molar-refractivity contribution < 1.29 is 37.1 Å². The van der Waals surface area contributed by atoms with Crippen LogP contribution >= 0.6 is 15.9 Å². The number of nitrogens with zero attached hydrogens (tertiary/aromatic N) is 2. The molecule has 0 spiro atoms. The molecule has 15 heteroatoms. The van der Waals surface area contributed by atoms with Crippen LogP contribution in [0, 0.1) is 17.3 Å². The number of carbonyl (C=O) groups is 4. The minimum absolute atomic E-state index is 0.138. The summed E-state index contributed by atoms with van der Waals surface area (Å²) in [6.07, 6.45) is 3.60. The van der Waals surface area contributed by atoms with E-state index in [2.05, 4.69) is 42.8 Å². The Balaban J connectivity index is 1.57. The third-order valence-electron chi connectivity index (χ3n) is 7.97. The third kappa shape index (κ3) is 7.48. The Morgan fingerprint density at radius 3 is 2.53 bits per heavy atom. The highest BCUT2D eigenvalue weighted by atomic mass is 79.9. The van der Waals surface area contributed by atoms with Crippen LogP contribution in [0.4, 0.5) is 4.79 Å². The predicted octanol–water partition coefficient (Wildman–Crippen LogP) is 1.88. The number of likely N-dealkylation sites (tertiary alicyclic amines) is 1. The zero-order valence-corrected chi connectivity index (χ0v) is 27.0. The van der Waals surface area contributed by atoms with Gasteiger partial charge in [-0.3, -0.25) is 19.1 Å². The van der Waals surface area contributed by atoms with Gasteiger partial charge in [0.05, 0.1) is 19.0 Å². The first-order chi connectivity index (χ1) is 20.1. The molecule has 2 aliphatic carbocycles. The van der Waals surface area contributed by atoms with Gasteiger partial charge in [0.2, 0.25) is 21.8 Å². The molecule has 0 aromatic carbocycles. The molecule has 1 saturated heterocycles. The van der Waals surface area contributed by atoms with Gasteiger partial charge in [0.25, 0.3) is 5.91 Å². The summed E-state index contributed by atoms with van der Waals surface area (Å²) in [7, 11) is -2.66. The lowest BCUT2D eigenvalue weighted by atomic mass is 9.85. The van der Waals surface area contributed by atoms with Crippen LogP contribution in [0.5, 0.6) is 5.75 Å². The summed E-state index contributed by atoms with van der Waals surface area (Å²) >= 11 is 3.30. The average Bonchev–Trinajstić information content (AvgIpc) is 3.86. The van der Waals surface area contributed by atoms with E-state index < -0.39 is 68.0 Å². The minimum Gasteiger partial charge on any atom is -0.493 e. The normalized spacial score (nSPS) is 25.7. The SMILES string of the molecule is C=CC1CC1(NC(=O)C1CC(COc2ccnc(Br)c2)CN1C(=O)C(NC(=O)OC)C(C)(C)C)C(=O)NS(=O)(=O)C1CC1. The lowest BCUT2D eigenvalue weighted by Gasteiger charge is -2.35. The minimum atomic E-state index is -3.85. The summed E-state index contributed by atoms with van der Waals surface area (Å²) in [5, 5.41) is 4.73. The summed E-state index contributed by atoms with van der Waals surface area (Å²) < 4.78 is 38.4. The van der Waals surface area contributed by atoms with Crippen molar-refractivity contribution in [2.75, 3.05) is 20.3 Å². The maximum absolute atomic E-state index is 14.0. The zero-order chi connectivity index (χ0) is 31.7. The standard InChI is InChI=1S/C28H38BrN5O8S/c1-6-17-13-28(17,25(37)33-43(39,40)19-7-8-19)32-23(35)20-11-16(15-42-18-9-10-30-21(29)12-18)14-34(20)24(36)22(27(2,3)4)31-26(38)41-5/h6,9-10,12,16-17,19-20,22H,1,7-8,11,13-15H2,2-5H3,(H,31,38)(H,32,35)(H,33,37). The van der Waals surface area contributed by atoms with Crippen molar-refractivity contribution in [1.29, 1.82) is 0 Å². The van der Waals surface area contributed by atoms with Gasteiger partial charge in [-0.05, 0) is 53.1 Å². The Morgan fingerprint density at radius 1 is 1.28 bits per heavy atom. The first-order valence-electron chi connectivity index (χ1n) is 14.0. The van der Waals surface area contributed by atoms with Gasteiger partial charge in [-0.2, -0.15) is 0 Å². The van der Waals surface area contributed by atoms with Crippen LogP contribution in [0.1, 0.15) is 46.5 Å². The molecular formula is C28H38BrN5O8S. The van der Waals surface area contributed by atoms with Crippen LogP contribution in [0.2, 0.25) is 0 Å². The highest BCUT2D eigenvalue weighted by molar-refractivity contribution is 9.10. The highest BCUT2D eigenvalue weighted by Crippen LogP contribution is 2.45. The van der Waals surface area contributed by atoms with Crippen LogP contribution in [-0.4, -0.2) is 85.3 Å². The molecule has 1 aromatic heterocycles. The molecule has 13 nitrogen and oxygen atoms in total. The number of methoxy groups -OCH3 is 1. The van der Waals surface area contributed by atoms with Crippen LogP contribution in [0.25, 0.3) is 0 Å². The molecule has 0 bridgehead atoms. The second-order valence-corrected chi connectivity index (χ2v) is 15.1. The topological polar surface area (TPSA) is 173 Å². The fourth-order valence-corrected chi connectivity index (χ4v) is 6.94. The fraction of sp³-hybridized carbons (Fsp3) is 0.607. The van der Waals surface area contributed by atoms with E-state index in [-0.39, 0.29) is 31.9 Å². The molecule has 3 aliphatic rings. The number of hydrogen-bond donors (Lipinski definition) is 3. The average molecular weight is 685 g/mol. The van der Waals surface area contributed by atoms with Gasteiger partial charge in [0, 0.05) is 30.6 Å². The van der Waals surface area contributed by atoms with Crippen LogP contribution in [0.15, 0.2) is 35.6 Å². The fourth-order valence-electron chi connectivity index (χ4n) is 5.23. The van der Waals surface area contributed by atoms with E-state index in [1.807, 2.05) is 0 Å². The van der Waals surface area contributed by atoms with E-state index >= 15 is 0 Å². The maximum Gasteiger partial charge on any atom is 0.407 e. The Bertz CT molecular complexity index is 1400. The van der Waals surface area contributed by atoms with Crippen molar-refractivity contribution >= 4 is 49.8 Å². The Hall–Kier alpha value is -3.20. The van der Waals surface area contributed by atoms with Gasteiger partial charge in [-0.15, -0.1) is 6.58 Å². The summed E-state index contributed by atoms with van der Waals surface area (Å²) in [5.74, 6) is -2.15. The molecule has 0 radical (unpaired) electrons. The quantitative estimate of drug-likeness (QED) is 0.232. The number of nitrogens with one attached hydrogen (secondary N) is 3. The number of ether oxygens (including phenoxy) is 2. The summed E-state index contributed by atoms with van der Waals surface area (Å²) in [6, 6.07) is 1.32. The second kappa shape index (κ2) is 12.4. The van der Waals surface area contributed by atoms with E-state index in [1.165, 1.54) is 18.1 Å². The molecule has 3 N–H and O–H groups in total. The summed E-state index contributed by atoms with van der Waals surface area (Å²) in [4.78, 5) is 58.7.